The highest BCUT2D eigenvalue weighted by Crippen LogP contribution is 2.51. The van der Waals surface area contributed by atoms with Crippen LogP contribution in [0.1, 0.15) is 13.3 Å². The minimum atomic E-state index is 0.484. The van der Waals surface area contributed by atoms with Crippen LogP contribution in [-0.4, -0.2) is 27.3 Å². The van der Waals surface area contributed by atoms with Crippen LogP contribution in [-0.2, 0) is 4.74 Å². The first-order valence-electron chi connectivity index (χ1n) is 3.86. The van der Waals surface area contributed by atoms with Gasteiger partial charge in [0, 0.05) is 7.11 Å². The van der Waals surface area contributed by atoms with Gasteiger partial charge in [0.25, 0.3) is 0 Å². The van der Waals surface area contributed by atoms with Crippen molar-refractivity contribution in [1.29, 1.82) is 0 Å². The lowest BCUT2D eigenvalue weighted by molar-refractivity contribution is 0.141. The van der Waals surface area contributed by atoms with Gasteiger partial charge in [0.2, 0.25) is 0 Å². The molecule has 1 aliphatic carbocycles. The standard InChI is InChI=1S/C8H17NO/c1-8(6-10-3)4-7(8)5-9-2/h7,9H,4-6H2,1-3H3/t7-,8+/m0/s1. The molecule has 0 aromatic heterocycles. The second-order valence-corrected chi connectivity index (χ2v) is 3.55. The summed E-state index contributed by atoms with van der Waals surface area (Å²) in [6.07, 6.45) is 1.32. The minimum Gasteiger partial charge on any atom is -0.384 e. The number of ether oxygens (including phenoxy) is 1. The smallest absolute Gasteiger partial charge is 0.0519 e. The first-order valence-corrected chi connectivity index (χ1v) is 3.86. The van der Waals surface area contributed by atoms with E-state index in [0.717, 1.165) is 19.1 Å². The lowest BCUT2D eigenvalue weighted by atomic mass is 10.1. The van der Waals surface area contributed by atoms with Crippen molar-refractivity contribution < 1.29 is 4.74 Å². The molecule has 0 unspecified atom stereocenters. The monoisotopic (exact) mass is 143 g/mol. The van der Waals surface area contributed by atoms with Crippen LogP contribution in [0, 0.1) is 11.3 Å². The van der Waals surface area contributed by atoms with Gasteiger partial charge in [-0.2, -0.15) is 0 Å². The van der Waals surface area contributed by atoms with Crippen LogP contribution in [0.25, 0.3) is 0 Å². The minimum absolute atomic E-state index is 0.484. The third-order valence-corrected chi connectivity index (χ3v) is 2.46. The highest BCUT2D eigenvalue weighted by Gasteiger charge is 2.49. The molecular formula is C8H17NO. The van der Waals surface area contributed by atoms with Crippen molar-refractivity contribution in [2.24, 2.45) is 11.3 Å². The zero-order valence-corrected chi connectivity index (χ0v) is 7.11. The molecule has 60 valence electrons. The average molecular weight is 143 g/mol. The fourth-order valence-corrected chi connectivity index (χ4v) is 1.58. The predicted octanol–water partition coefficient (Wildman–Crippen LogP) is 0.878. The molecule has 0 radical (unpaired) electrons. The zero-order valence-electron chi connectivity index (χ0n) is 7.11. The number of hydrogen-bond donors (Lipinski definition) is 1. The van der Waals surface area contributed by atoms with Crippen molar-refractivity contribution in [2.75, 3.05) is 27.3 Å². The Morgan fingerprint density at radius 2 is 2.40 bits per heavy atom. The Morgan fingerprint density at radius 1 is 1.70 bits per heavy atom. The molecular weight excluding hydrogens is 126 g/mol. The number of rotatable bonds is 4. The molecule has 1 fully saturated rings. The Morgan fingerprint density at radius 3 is 2.90 bits per heavy atom. The van der Waals surface area contributed by atoms with Gasteiger partial charge in [0.15, 0.2) is 0 Å². The Kier molecular flexibility index (Phi) is 2.32. The molecule has 2 atom stereocenters. The summed E-state index contributed by atoms with van der Waals surface area (Å²) in [7, 11) is 3.78. The average Bonchev–Trinajstić information content (AvgIpc) is 2.44. The van der Waals surface area contributed by atoms with Gasteiger partial charge in [0.1, 0.15) is 0 Å². The molecule has 1 aliphatic rings. The predicted molar refractivity (Wildman–Crippen MR) is 42.0 cm³/mol. The molecule has 0 aromatic rings. The van der Waals surface area contributed by atoms with Gasteiger partial charge in [0.05, 0.1) is 6.61 Å². The summed E-state index contributed by atoms with van der Waals surface area (Å²) in [4.78, 5) is 0. The van der Waals surface area contributed by atoms with Gasteiger partial charge in [-0.05, 0) is 31.3 Å². The van der Waals surface area contributed by atoms with Gasteiger partial charge >= 0.3 is 0 Å². The second kappa shape index (κ2) is 2.89. The van der Waals surface area contributed by atoms with Gasteiger partial charge in [-0.1, -0.05) is 6.92 Å². The zero-order chi connectivity index (χ0) is 7.61. The highest BCUT2D eigenvalue weighted by molar-refractivity contribution is 4.99. The molecule has 1 saturated carbocycles. The summed E-state index contributed by atoms with van der Waals surface area (Å²) >= 11 is 0. The van der Waals surface area contributed by atoms with E-state index in [1.807, 2.05) is 7.05 Å². The van der Waals surface area contributed by atoms with Crippen LogP contribution in [0.2, 0.25) is 0 Å². The fraction of sp³-hybridized carbons (Fsp3) is 1.00. The van der Waals surface area contributed by atoms with Gasteiger partial charge < -0.3 is 10.1 Å². The Hall–Kier alpha value is -0.0800. The van der Waals surface area contributed by atoms with Crippen molar-refractivity contribution in [3.8, 4) is 0 Å². The summed E-state index contributed by atoms with van der Waals surface area (Å²) < 4.78 is 5.12. The summed E-state index contributed by atoms with van der Waals surface area (Å²) in [6, 6.07) is 0. The maximum Gasteiger partial charge on any atom is 0.0519 e. The summed E-state index contributed by atoms with van der Waals surface area (Å²) in [5, 5.41) is 3.19. The third-order valence-electron chi connectivity index (χ3n) is 2.46. The second-order valence-electron chi connectivity index (χ2n) is 3.55. The van der Waals surface area contributed by atoms with Crippen molar-refractivity contribution in [3.63, 3.8) is 0 Å². The number of nitrogens with one attached hydrogen (secondary N) is 1. The van der Waals surface area contributed by atoms with Crippen LogP contribution in [0.3, 0.4) is 0 Å². The van der Waals surface area contributed by atoms with Crippen LogP contribution >= 0.6 is 0 Å². The molecule has 0 saturated heterocycles. The van der Waals surface area contributed by atoms with E-state index >= 15 is 0 Å². The molecule has 10 heavy (non-hydrogen) atoms. The highest BCUT2D eigenvalue weighted by atomic mass is 16.5. The van der Waals surface area contributed by atoms with E-state index in [1.165, 1.54) is 6.42 Å². The number of hydrogen-bond acceptors (Lipinski definition) is 2. The van der Waals surface area contributed by atoms with Crippen molar-refractivity contribution in [2.45, 2.75) is 13.3 Å². The van der Waals surface area contributed by atoms with Crippen molar-refractivity contribution in [1.82, 2.24) is 5.32 Å². The normalized spacial score (nSPS) is 38.1. The van der Waals surface area contributed by atoms with Crippen molar-refractivity contribution >= 4 is 0 Å². The van der Waals surface area contributed by atoms with E-state index in [1.54, 1.807) is 7.11 Å². The molecule has 0 bridgehead atoms. The Balaban J connectivity index is 2.19. The molecule has 0 heterocycles. The van der Waals surface area contributed by atoms with Crippen LogP contribution in [0.4, 0.5) is 0 Å². The first-order chi connectivity index (χ1) is 4.73. The van der Waals surface area contributed by atoms with Crippen LogP contribution < -0.4 is 5.32 Å². The molecule has 0 spiro atoms. The Bertz CT molecular complexity index is 116. The summed E-state index contributed by atoms with van der Waals surface area (Å²) in [6.45, 7) is 4.34. The first kappa shape index (κ1) is 8.02. The molecule has 2 nitrogen and oxygen atoms in total. The largest absolute Gasteiger partial charge is 0.384 e. The topological polar surface area (TPSA) is 21.3 Å². The Labute approximate surface area is 63.0 Å². The van der Waals surface area contributed by atoms with Crippen molar-refractivity contribution in [3.05, 3.63) is 0 Å². The van der Waals surface area contributed by atoms with E-state index in [-0.39, 0.29) is 0 Å². The lowest BCUT2D eigenvalue weighted by Crippen LogP contribution is -2.16. The van der Waals surface area contributed by atoms with E-state index in [0.29, 0.717) is 5.41 Å². The van der Waals surface area contributed by atoms with E-state index in [4.69, 9.17) is 4.74 Å². The van der Waals surface area contributed by atoms with E-state index in [2.05, 4.69) is 12.2 Å². The quantitative estimate of drug-likeness (QED) is 0.630. The van der Waals surface area contributed by atoms with E-state index in [9.17, 15) is 0 Å². The van der Waals surface area contributed by atoms with Gasteiger partial charge in [-0.3, -0.25) is 0 Å². The molecule has 0 aliphatic heterocycles. The molecule has 1 rings (SSSR count). The van der Waals surface area contributed by atoms with Gasteiger partial charge in [-0.25, -0.2) is 0 Å². The summed E-state index contributed by atoms with van der Waals surface area (Å²) in [5.74, 6) is 0.845. The maximum atomic E-state index is 5.12. The van der Waals surface area contributed by atoms with E-state index < -0.39 is 0 Å². The van der Waals surface area contributed by atoms with Crippen LogP contribution in [0.5, 0.6) is 0 Å². The SMILES string of the molecule is CNC[C@@H]1C[C@]1(C)COC. The maximum absolute atomic E-state index is 5.12. The molecule has 0 amide bonds. The number of methoxy groups -OCH3 is 1. The van der Waals surface area contributed by atoms with Gasteiger partial charge in [-0.15, -0.1) is 0 Å². The summed E-state index contributed by atoms with van der Waals surface area (Å²) in [5.41, 5.74) is 0.484. The fourth-order valence-electron chi connectivity index (χ4n) is 1.58. The molecule has 0 aromatic carbocycles. The third kappa shape index (κ3) is 1.50. The molecule has 2 heteroatoms. The molecule has 1 N–H and O–H groups in total. The lowest BCUT2D eigenvalue weighted by Gasteiger charge is -2.08. The van der Waals surface area contributed by atoms with Crippen LogP contribution in [0.15, 0.2) is 0 Å².